The van der Waals surface area contributed by atoms with E-state index in [1.165, 1.54) is 12.1 Å². The molecule has 1 aromatic carbocycles. The lowest BCUT2D eigenvalue weighted by Crippen LogP contribution is -2.21. The van der Waals surface area contributed by atoms with Crippen molar-refractivity contribution in [2.45, 2.75) is 13.0 Å². The molecule has 0 aliphatic carbocycles. The Bertz CT molecular complexity index is 315. The molecule has 3 nitrogen and oxygen atoms in total. The van der Waals surface area contributed by atoms with Gasteiger partial charge in [0.05, 0.1) is 0 Å². The average molecular weight is 184 g/mol. The second kappa shape index (κ2) is 3.72. The molecule has 0 amide bonds. The molecule has 1 aromatic rings. The highest BCUT2D eigenvalue weighted by Gasteiger charge is 2.12. The maximum absolute atomic E-state index is 12.9. The molecule has 5 N–H and O–H groups in total. The van der Waals surface area contributed by atoms with Crippen molar-refractivity contribution in [3.8, 4) is 5.75 Å². The lowest BCUT2D eigenvalue weighted by molar-refractivity contribution is 0.454. The number of phenolic OH excluding ortho intramolecular Hbond substituents is 1. The first-order valence-electron chi connectivity index (χ1n) is 4.01. The zero-order valence-corrected chi connectivity index (χ0v) is 7.42. The molecule has 0 spiro atoms. The molecule has 0 aromatic heterocycles. The number of aryl methyl sites for hydroxylation is 1. The summed E-state index contributed by atoms with van der Waals surface area (Å²) < 4.78 is 12.9. The van der Waals surface area contributed by atoms with Crippen LogP contribution in [0, 0.1) is 12.7 Å². The summed E-state index contributed by atoms with van der Waals surface area (Å²) in [4.78, 5) is 0. The summed E-state index contributed by atoms with van der Waals surface area (Å²) in [6.45, 7) is 1.79. The van der Waals surface area contributed by atoms with Crippen molar-refractivity contribution in [3.63, 3.8) is 0 Å². The lowest BCUT2D eigenvalue weighted by atomic mass is 10.0. The Morgan fingerprint density at radius 1 is 1.54 bits per heavy atom. The molecule has 0 unspecified atom stereocenters. The van der Waals surface area contributed by atoms with Crippen LogP contribution in [0.2, 0.25) is 0 Å². The number of hydrogen-bond donors (Lipinski definition) is 3. The van der Waals surface area contributed by atoms with E-state index in [1.54, 1.807) is 6.92 Å². The Labute approximate surface area is 76.2 Å². The summed E-state index contributed by atoms with van der Waals surface area (Å²) >= 11 is 0. The topological polar surface area (TPSA) is 72.3 Å². The molecule has 0 heterocycles. The predicted molar refractivity (Wildman–Crippen MR) is 48.8 cm³/mol. The summed E-state index contributed by atoms with van der Waals surface area (Å²) in [5.74, 6) is -0.381. The van der Waals surface area contributed by atoms with Gasteiger partial charge in [0, 0.05) is 18.2 Å². The monoisotopic (exact) mass is 184 g/mol. The van der Waals surface area contributed by atoms with Crippen molar-refractivity contribution in [3.05, 3.63) is 29.1 Å². The van der Waals surface area contributed by atoms with E-state index in [1.807, 2.05) is 0 Å². The SMILES string of the molecule is Cc1cc(F)cc([C@H](N)CN)c1O. The molecular weight excluding hydrogens is 171 g/mol. The molecule has 4 heteroatoms. The highest BCUT2D eigenvalue weighted by atomic mass is 19.1. The van der Waals surface area contributed by atoms with Gasteiger partial charge in [0.2, 0.25) is 0 Å². The van der Waals surface area contributed by atoms with Gasteiger partial charge in [-0.15, -0.1) is 0 Å². The van der Waals surface area contributed by atoms with Gasteiger partial charge in [-0.2, -0.15) is 0 Å². The van der Waals surface area contributed by atoms with E-state index < -0.39 is 11.9 Å². The second-order valence-electron chi connectivity index (χ2n) is 3.00. The zero-order valence-electron chi connectivity index (χ0n) is 7.42. The summed E-state index contributed by atoms with van der Waals surface area (Å²) in [5.41, 5.74) is 11.7. The van der Waals surface area contributed by atoms with Crippen molar-refractivity contribution >= 4 is 0 Å². The van der Waals surface area contributed by atoms with Gasteiger partial charge in [0.1, 0.15) is 11.6 Å². The minimum atomic E-state index is -0.519. The Morgan fingerprint density at radius 2 is 2.15 bits per heavy atom. The molecule has 0 aliphatic rings. The molecule has 0 fully saturated rings. The Morgan fingerprint density at radius 3 is 2.69 bits per heavy atom. The largest absolute Gasteiger partial charge is 0.507 e. The van der Waals surface area contributed by atoms with E-state index in [0.29, 0.717) is 11.1 Å². The van der Waals surface area contributed by atoms with Gasteiger partial charge in [-0.05, 0) is 24.6 Å². The van der Waals surface area contributed by atoms with Crippen molar-refractivity contribution in [2.75, 3.05) is 6.54 Å². The van der Waals surface area contributed by atoms with Gasteiger partial charge in [0.25, 0.3) is 0 Å². The predicted octanol–water partition coefficient (Wildman–Crippen LogP) is 0.798. The van der Waals surface area contributed by atoms with Crippen LogP contribution in [0.3, 0.4) is 0 Å². The van der Waals surface area contributed by atoms with Crippen LogP contribution in [-0.2, 0) is 0 Å². The van der Waals surface area contributed by atoms with Gasteiger partial charge in [0.15, 0.2) is 0 Å². The van der Waals surface area contributed by atoms with Crippen LogP contribution in [0.1, 0.15) is 17.2 Å². The van der Waals surface area contributed by atoms with E-state index in [2.05, 4.69) is 0 Å². The minimum Gasteiger partial charge on any atom is -0.507 e. The standard InChI is InChI=1S/C9H13FN2O/c1-5-2-6(10)3-7(9(5)13)8(12)4-11/h2-3,8,13H,4,11-12H2,1H3/t8-/m1/s1. The van der Waals surface area contributed by atoms with Gasteiger partial charge in [-0.3, -0.25) is 0 Å². The fourth-order valence-corrected chi connectivity index (χ4v) is 1.17. The van der Waals surface area contributed by atoms with E-state index in [-0.39, 0.29) is 12.3 Å². The van der Waals surface area contributed by atoms with Crippen molar-refractivity contribution in [2.24, 2.45) is 11.5 Å². The fourth-order valence-electron chi connectivity index (χ4n) is 1.17. The third-order valence-corrected chi connectivity index (χ3v) is 1.95. The fraction of sp³-hybridized carbons (Fsp3) is 0.333. The van der Waals surface area contributed by atoms with Crippen molar-refractivity contribution < 1.29 is 9.50 Å². The third kappa shape index (κ3) is 1.96. The highest BCUT2D eigenvalue weighted by molar-refractivity contribution is 5.41. The van der Waals surface area contributed by atoms with E-state index in [0.717, 1.165) is 0 Å². The molecule has 0 radical (unpaired) electrons. The lowest BCUT2D eigenvalue weighted by Gasteiger charge is -2.12. The van der Waals surface area contributed by atoms with Gasteiger partial charge < -0.3 is 16.6 Å². The van der Waals surface area contributed by atoms with Gasteiger partial charge >= 0.3 is 0 Å². The molecule has 1 atom stereocenters. The molecule has 72 valence electrons. The van der Waals surface area contributed by atoms with Crippen LogP contribution in [0.4, 0.5) is 4.39 Å². The second-order valence-corrected chi connectivity index (χ2v) is 3.00. The summed E-state index contributed by atoms with van der Waals surface area (Å²) in [5, 5.41) is 9.52. The van der Waals surface area contributed by atoms with Crippen LogP contribution in [0.5, 0.6) is 5.75 Å². The first-order valence-corrected chi connectivity index (χ1v) is 4.01. The normalized spacial score (nSPS) is 12.9. The molecule has 13 heavy (non-hydrogen) atoms. The quantitative estimate of drug-likeness (QED) is 0.636. The molecule has 0 aliphatic heterocycles. The summed E-state index contributed by atoms with van der Waals surface area (Å²) in [7, 11) is 0. The number of nitrogens with two attached hydrogens (primary N) is 2. The van der Waals surface area contributed by atoms with Crippen molar-refractivity contribution in [1.82, 2.24) is 0 Å². The number of rotatable bonds is 2. The van der Waals surface area contributed by atoms with Crippen LogP contribution in [0.15, 0.2) is 12.1 Å². The molecule has 0 bridgehead atoms. The first kappa shape index (κ1) is 9.95. The molecule has 0 saturated heterocycles. The number of hydrogen-bond acceptors (Lipinski definition) is 3. The maximum atomic E-state index is 12.9. The van der Waals surface area contributed by atoms with Crippen LogP contribution < -0.4 is 11.5 Å². The summed E-state index contributed by atoms with van der Waals surface area (Å²) in [6, 6.07) is 1.94. The molecular formula is C9H13FN2O. The van der Waals surface area contributed by atoms with E-state index >= 15 is 0 Å². The zero-order chi connectivity index (χ0) is 10.0. The van der Waals surface area contributed by atoms with Crippen molar-refractivity contribution in [1.29, 1.82) is 0 Å². The maximum Gasteiger partial charge on any atom is 0.124 e. The van der Waals surface area contributed by atoms with E-state index in [9.17, 15) is 9.50 Å². The number of halogens is 1. The van der Waals surface area contributed by atoms with Crippen LogP contribution >= 0.6 is 0 Å². The summed E-state index contributed by atoms with van der Waals surface area (Å²) in [6.07, 6.45) is 0. The first-order chi connectivity index (χ1) is 6.06. The Hall–Kier alpha value is -1.13. The Balaban J connectivity index is 3.20. The van der Waals surface area contributed by atoms with Crippen LogP contribution in [-0.4, -0.2) is 11.7 Å². The smallest absolute Gasteiger partial charge is 0.124 e. The number of benzene rings is 1. The van der Waals surface area contributed by atoms with E-state index in [4.69, 9.17) is 11.5 Å². The van der Waals surface area contributed by atoms with Crippen LogP contribution in [0.25, 0.3) is 0 Å². The average Bonchev–Trinajstić information content (AvgIpc) is 2.10. The van der Waals surface area contributed by atoms with Gasteiger partial charge in [-0.1, -0.05) is 0 Å². The number of aromatic hydroxyl groups is 1. The van der Waals surface area contributed by atoms with Gasteiger partial charge in [-0.25, -0.2) is 4.39 Å². The third-order valence-electron chi connectivity index (χ3n) is 1.95. The minimum absolute atomic E-state index is 0.0272. The Kier molecular flexibility index (Phi) is 2.85. The number of phenols is 1. The molecule has 0 saturated carbocycles. The highest BCUT2D eigenvalue weighted by Crippen LogP contribution is 2.27. The molecule has 1 rings (SSSR count).